The Labute approximate surface area is 113 Å². The maximum atomic E-state index is 10.0. The molecular formula is C11H25N5O3. The van der Waals surface area contributed by atoms with E-state index in [0.29, 0.717) is 25.8 Å². The van der Waals surface area contributed by atoms with Gasteiger partial charge in [0.05, 0.1) is 6.10 Å². The number of aliphatic hydroxyl groups excluding tert-OH is 1. The molecule has 0 rings (SSSR count). The van der Waals surface area contributed by atoms with E-state index in [1.165, 1.54) is 0 Å². The van der Waals surface area contributed by atoms with Crippen molar-refractivity contribution < 1.29 is 10.1 Å². The smallest absolute Gasteiger partial charge is 0.251 e. The minimum Gasteiger partial charge on any atom is -0.393 e. The van der Waals surface area contributed by atoms with Crippen molar-refractivity contribution in [2.24, 2.45) is 16.5 Å². The Morgan fingerprint density at radius 3 is 2.74 bits per heavy atom. The second-order valence-electron chi connectivity index (χ2n) is 4.57. The molecule has 19 heavy (non-hydrogen) atoms. The van der Waals surface area contributed by atoms with E-state index in [1.54, 1.807) is 5.43 Å². The topological polar surface area (TPSA) is 140 Å². The molecule has 0 aliphatic rings. The van der Waals surface area contributed by atoms with Gasteiger partial charge in [-0.05, 0) is 25.7 Å². The Bertz CT molecular complexity index is 286. The Hall–Kier alpha value is -1.41. The number of aliphatic hydroxyl groups is 1. The molecule has 0 aromatic heterocycles. The van der Waals surface area contributed by atoms with Crippen LogP contribution in [0.25, 0.3) is 0 Å². The molecule has 112 valence electrons. The summed E-state index contributed by atoms with van der Waals surface area (Å²) in [6.45, 7) is 2.46. The predicted molar refractivity (Wildman–Crippen MR) is 74.0 cm³/mol. The van der Waals surface area contributed by atoms with Gasteiger partial charge in [-0.15, -0.1) is 0 Å². The molecular weight excluding hydrogens is 250 g/mol. The van der Waals surface area contributed by atoms with E-state index < -0.39 is 5.03 Å². The van der Waals surface area contributed by atoms with Crippen LogP contribution < -0.4 is 16.9 Å². The van der Waals surface area contributed by atoms with Crippen LogP contribution in [0.15, 0.2) is 4.99 Å². The van der Waals surface area contributed by atoms with Gasteiger partial charge in [0, 0.05) is 12.6 Å². The van der Waals surface area contributed by atoms with Crippen LogP contribution in [-0.2, 0) is 0 Å². The molecule has 0 saturated heterocycles. The molecule has 0 aliphatic carbocycles. The second kappa shape index (κ2) is 10.5. The van der Waals surface area contributed by atoms with Crippen molar-refractivity contribution in [2.75, 3.05) is 6.54 Å². The average Bonchev–Trinajstić information content (AvgIpc) is 2.31. The standard InChI is InChI=1S/C11H25N5O3/c1-2-3-6-10(17)8-9(12)5-4-7-14-11(13)15-16(18)19/h9-10,17H,2-8,12H2,1H3,(H3,13,14,15)/t9-,10-/m0/s1. The fourth-order valence-corrected chi connectivity index (χ4v) is 1.71. The maximum absolute atomic E-state index is 10.0. The molecule has 0 saturated carbocycles. The van der Waals surface area contributed by atoms with Gasteiger partial charge in [0.1, 0.15) is 0 Å². The Kier molecular flexibility index (Phi) is 9.73. The summed E-state index contributed by atoms with van der Waals surface area (Å²) in [6.07, 6.45) is 4.46. The Morgan fingerprint density at radius 2 is 2.16 bits per heavy atom. The molecule has 0 unspecified atom stereocenters. The summed E-state index contributed by atoms with van der Waals surface area (Å²) in [5.41, 5.74) is 12.9. The number of guanidine groups is 1. The van der Waals surface area contributed by atoms with Gasteiger partial charge in [0.15, 0.2) is 5.03 Å². The van der Waals surface area contributed by atoms with Crippen molar-refractivity contribution >= 4 is 5.96 Å². The highest BCUT2D eigenvalue weighted by atomic mass is 16.7. The molecule has 0 radical (unpaired) electrons. The van der Waals surface area contributed by atoms with Crippen LogP contribution in [0.1, 0.15) is 45.4 Å². The molecule has 2 atom stereocenters. The Balaban J connectivity index is 3.68. The van der Waals surface area contributed by atoms with Gasteiger partial charge in [0.2, 0.25) is 0 Å². The van der Waals surface area contributed by atoms with Gasteiger partial charge < -0.3 is 16.6 Å². The molecule has 8 nitrogen and oxygen atoms in total. The summed E-state index contributed by atoms with van der Waals surface area (Å²) < 4.78 is 0. The molecule has 6 N–H and O–H groups in total. The zero-order chi connectivity index (χ0) is 14.7. The summed E-state index contributed by atoms with van der Waals surface area (Å²) in [7, 11) is 0. The van der Waals surface area contributed by atoms with Crippen molar-refractivity contribution in [3.8, 4) is 0 Å². The lowest BCUT2D eigenvalue weighted by atomic mass is 10.0. The van der Waals surface area contributed by atoms with Crippen LogP contribution in [0.4, 0.5) is 0 Å². The SMILES string of the molecule is CCCC[C@H](O)C[C@@H](N)CCCN=C(N)N[N+](=O)[O-]. The fraction of sp³-hybridized carbons (Fsp3) is 0.909. The quantitative estimate of drug-likeness (QED) is 0.147. The van der Waals surface area contributed by atoms with Gasteiger partial charge in [-0.25, -0.2) is 15.1 Å². The predicted octanol–water partition coefficient (Wildman–Crippen LogP) is 0.131. The first-order chi connectivity index (χ1) is 8.95. The lowest BCUT2D eigenvalue weighted by Gasteiger charge is -2.15. The summed E-state index contributed by atoms with van der Waals surface area (Å²) in [5, 5.41) is 19.0. The number of hydrogen-bond donors (Lipinski definition) is 4. The third-order valence-electron chi connectivity index (χ3n) is 2.69. The molecule has 0 amide bonds. The second-order valence-corrected chi connectivity index (χ2v) is 4.57. The monoisotopic (exact) mass is 275 g/mol. The summed E-state index contributed by atoms with van der Waals surface area (Å²) in [6, 6.07) is -0.0771. The van der Waals surface area contributed by atoms with E-state index >= 15 is 0 Å². The van der Waals surface area contributed by atoms with Crippen LogP contribution in [0, 0.1) is 10.1 Å². The zero-order valence-corrected chi connectivity index (χ0v) is 11.4. The largest absolute Gasteiger partial charge is 0.393 e. The lowest BCUT2D eigenvalue weighted by Crippen LogP contribution is -2.36. The number of aliphatic imine (C=N–C) groups is 1. The van der Waals surface area contributed by atoms with E-state index in [0.717, 1.165) is 19.3 Å². The number of nitrogens with two attached hydrogens (primary N) is 2. The van der Waals surface area contributed by atoms with Gasteiger partial charge >= 0.3 is 0 Å². The van der Waals surface area contributed by atoms with E-state index in [1.807, 2.05) is 0 Å². The number of nitro groups is 1. The molecule has 0 aliphatic heterocycles. The molecule has 0 fully saturated rings. The highest BCUT2D eigenvalue weighted by molar-refractivity contribution is 5.76. The van der Waals surface area contributed by atoms with Crippen LogP contribution in [-0.4, -0.2) is 34.8 Å². The van der Waals surface area contributed by atoms with Crippen LogP contribution in [0.2, 0.25) is 0 Å². The van der Waals surface area contributed by atoms with E-state index in [4.69, 9.17) is 11.5 Å². The molecule has 0 bridgehead atoms. The van der Waals surface area contributed by atoms with Crippen molar-refractivity contribution in [3.63, 3.8) is 0 Å². The Morgan fingerprint density at radius 1 is 1.47 bits per heavy atom. The average molecular weight is 275 g/mol. The van der Waals surface area contributed by atoms with Crippen molar-refractivity contribution in [1.82, 2.24) is 5.43 Å². The molecule has 8 heteroatoms. The third kappa shape index (κ3) is 11.4. The molecule has 0 heterocycles. The van der Waals surface area contributed by atoms with Crippen LogP contribution in [0.3, 0.4) is 0 Å². The first-order valence-corrected chi connectivity index (χ1v) is 6.60. The van der Waals surface area contributed by atoms with Crippen molar-refractivity contribution in [2.45, 2.75) is 57.6 Å². The summed E-state index contributed by atoms with van der Waals surface area (Å²) >= 11 is 0. The van der Waals surface area contributed by atoms with E-state index in [9.17, 15) is 15.2 Å². The number of nitrogens with zero attached hydrogens (tertiary/aromatic N) is 2. The molecule has 0 spiro atoms. The number of nitrogens with one attached hydrogen (secondary N) is 1. The number of hydrogen-bond acceptors (Lipinski definition) is 5. The summed E-state index contributed by atoms with van der Waals surface area (Å²) in [5.74, 6) is -0.207. The van der Waals surface area contributed by atoms with Gasteiger partial charge in [0.25, 0.3) is 5.96 Å². The normalized spacial score (nSPS) is 15.0. The zero-order valence-electron chi connectivity index (χ0n) is 11.4. The highest BCUT2D eigenvalue weighted by Gasteiger charge is 2.10. The minimum absolute atomic E-state index is 0.0771. The van der Waals surface area contributed by atoms with Crippen molar-refractivity contribution in [3.05, 3.63) is 10.1 Å². The first kappa shape index (κ1) is 17.6. The number of unbranched alkanes of at least 4 members (excludes halogenated alkanes) is 1. The lowest BCUT2D eigenvalue weighted by molar-refractivity contribution is -0.525. The molecule has 0 aromatic rings. The first-order valence-electron chi connectivity index (χ1n) is 6.60. The van der Waals surface area contributed by atoms with Gasteiger partial charge in [-0.2, -0.15) is 0 Å². The van der Waals surface area contributed by atoms with E-state index in [-0.39, 0.29) is 18.1 Å². The van der Waals surface area contributed by atoms with Crippen molar-refractivity contribution in [1.29, 1.82) is 0 Å². The number of hydrazine groups is 1. The van der Waals surface area contributed by atoms with Gasteiger partial charge in [-0.1, -0.05) is 25.2 Å². The van der Waals surface area contributed by atoms with E-state index in [2.05, 4.69) is 11.9 Å². The minimum atomic E-state index is -0.755. The van der Waals surface area contributed by atoms with Gasteiger partial charge in [-0.3, -0.25) is 0 Å². The maximum Gasteiger partial charge on any atom is 0.251 e. The third-order valence-corrected chi connectivity index (χ3v) is 2.69. The highest BCUT2D eigenvalue weighted by Crippen LogP contribution is 2.09. The summed E-state index contributed by atoms with van der Waals surface area (Å²) in [4.78, 5) is 13.8. The molecule has 0 aromatic carbocycles. The van der Waals surface area contributed by atoms with Crippen LogP contribution >= 0.6 is 0 Å². The number of rotatable bonds is 10. The van der Waals surface area contributed by atoms with Crippen LogP contribution in [0.5, 0.6) is 0 Å². The fourth-order valence-electron chi connectivity index (χ4n) is 1.71.